The molecule has 0 aromatic carbocycles. The second-order valence-corrected chi connectivity index (χ2v) is 5.44. The second kappa shape index (κ2) is 7.67. The molecule has 0 saturated heterocycles. The summed E-state index contributed by atoms with van der Waals surface area (Å²) in [7, 11) is 0. The molecule has 0 spiro atoms. The van der Waals surface area contributed by atoms with Crippen LogP contribution >= 0.6 is 0 Å². The first-order valence-corrected chi connectivity index (χ1v) is 6.75. The van der Waals surface area contributed by atoms with Gasteiger partial charge in [-0.1, -0.05) is 26.7 Å². The first kappa shape index (κ1) is 14.5. The molecule has 4 heteroatoms. The van der Waals surface area contributed by atoms with Gasteiger partial charge in [0.25, 0.3) is 0 Å². The van der Waals surface area contributed by atoms with Crippen molar-refractivity contribution >= 4 is 5.91 Å². The highest BCUT2D eigenvalue weighted by Crippen LogP contribution is 2.23. The van der Waals surface area contributed by atoms with Gasteiger partial charge in [0, 0.05) is 13.1 Å². The van der Waals surface area contributed by atoms with Gasteiger partial charge in [-0.05, 0) is 24.7 Å². The van der Waals surface area contributed by atoms with Gasteiger partial charge in [0.05, 0.1) is 12.6 Å². The molecule has 1 aliphatic rings. The Morgan fingerprint density at radius 3 is 2.71 bits per heavy atom. The highest BCUT2D eigenvalue weighted by atomic mass is 16.3. The third-order valence-electron chi connectivity index (χ3n) is 3.27. The Morgan fingerprint density at radius 1 is 1.35 bits per heavy atom. The van der Waals surface area contributed by atoms with Crippen LogP contribution in [0.1, 0.15) is 39.5 Å². The van der Waals surface area contributed by atoms with Crippen LogP contribution in [0.2, 0.25) is 0 Å². The number of hydrogen-bond acceptors (Lipinski definition) is 3. The molecule has 1 rings (SSSR count). The maximum atomic E-state index is 11.4. The van der Waals surface area contributed by atoms with E-state index in [2.05, 4.69) is 24.5 Å². The first-order valence-electron chi connectivity index (χ1n) is 6.75. The molecule has 3 N–H and O–H groups in total. The zero-order chi connectivity index (χ0) is 12.7. The highest BCUT2D eigenvalue weighted by molar-refractivity contribution is 5.77. The van der Waals surface area contributed by atoms with Gasteiger partial charge in [-0.25, -0.2) is 0 Å². The molecule has 1 saturated carbocycles. The van der Waals surface area contributed by atoms with Gasteiger partial charge in [-0.15, -0.1) is 0 Å². The molecule has 0 aliphatic heterocycles. The molecule has 0 bridgehead atoms. The van der Waals surface area contributed by atoms with Crippen molar-refractivity contribution < 1.29 is 9.90 Å². The summed E-state index contributed by atoms with van der Waals surface area (Å²) in [5, 5.41) is 15.8. The normalized spacial score (nSPS) is 24.9. The summed E-state index contributed by atoms with van der Waals surface area (Å²) in [5.74, 6) is 0.852. The van der Waals surface area contributed by atoms with E-state index >= 15 is 0 Å². The van der Waals surface area contributed by atoms with Gasteiger partial charge in [-0.2, -0.15) is 0 Å². The Kier molecular flexibility index (Phi) is 6.52. The lowest BCUT2D eigenvalue weighted by atomic mass is 9.86. The van der Waals surface area contributed by atoms with Crippen LogP contribution in [0, 0.1) is 11.8 Å². The number of amides is 1. The van der Waals surface area contributed by atoms with Crippen molar-refractivity contribution in [3.8, 4) is 0 Å². The molecule has 2 unspecified atom stereocenters. The van der Waals surface area contributed by atoms with Gasteiger partial charge in [0.2, 0.25) is 5.91 Å². The van der Waals surface area contributed by atoms with Crippen molar-refractivity contribution in [2.75, 3.05) is 19.6 Å². The predicted octanol–water partition coefficient (Wildman–Crippen LogP) is 0.899. The minimum absolute atomic E-state index is 0.0454. The number of nitrogens with one attached hydrogen (secondary N) is 2. The minimum Gasteiger partial charge on any atom is -0.393 e. The fourth-order valence-electron chi connectivity index (χ4n) is 2.18. The van der Waals surface area contributed by atoms with E-state index in [1.807, 2.05) is 0 Å². The van der Waals surface area contributed by atoms with Crippen molar-refractivity contribution in [1.29, 1.82) is 0 Å². The molecule has 1 aliphatic carbocycles. The monoisotopic (exact) mass is 242 g/mol. The van der Waals surface area contributed by atoms with Crippen LogP contribution in [0.25, 0.3) is 0 Å². The lowest BCUT2D eigenvalue weighted by molar-refractivity contribution is -0.120. The van der Waals surface area contributed by atoms with E-state index in [1.165, 1.54) is 6.42 Å². The number of hydrogen-bond donors (Lipinski definition) is 3. The summed E-state index contributed by atoms with van der Waals surface area (Å²) < 4.78 is 0. The lowest BCUT2D eigenvalue weighted by Gasteiger charge is -2.27. The van der Waals surface area contributed by atoms with Crippen LogP contribution in [-0.4, -0.2) is 36.8 Å². The molecular weight excluding hydrogens is 216 g/mol. The second-order valence-electron chi connectivity index (χ2n) is 5.44. The SMILES string of the molecule is CC(C)CNC(=O)CNCC1CCCCC1O. The van der Waals surface area contributed by atoms with E-state index in [9.17, 15) is 9.90 Å². The van der Waals surface area contributed by atoms with E-state index in [4.69, 9.17) is 0 Å². The van der Waals surface area contributed by atoms with Crippen LogP contribution < -0.4 is 10.6 Å². The standard InChI is InChI=1S/C13H26N2O2/c1-10(2)7-15-13(17)9-14-8-11-5-3-4-6-12(11)16/h10-12,14,16H,3-9H2,1-2H3,(H,15,17). The smallest absolute Gasteiger partial charge is 0.233 e. The molecule has 2 atom stereocenters. The molecule has 4 nitrogen and oxygen atoms in total. The average Bonchev–Trinajstić information content (AvgIpc) is 2.29. The Balaban J connectivity index is 2.08. The summed E-state index contributed by atoms with van der Waals surface area (Å²) in [4.78, 5) is 11.4. The zero-order valence-electron chi connectivity index (χ0n) is 11.0. The lowest BCUT2D eigenvalue weighted by Crippen LogP contribution is -2.40. The minimum atomic E-state index is -0.185. The fourth-order valence-corrected chi connectivity index (χ4v) is 2.18. The number of rotatable bonds is 6. The van der Waals surface area contributed by atoms with Crippen molar-refractivity contribution in [1.82, 2.24) is 10.6 Å². The van der Waals surface area contributed by atoms with Crippen LogP contribution in [-0.2, 0) is 4.79 Å². The number of carbonyl (C=O) groups is 1. The first-order chi connectivity index (χ1) is 8.09. The van der Waals surface area contributed by atoms with Crippen LogP contribution in [0.5, 0.6) is 0 Å². The van der Waals surface area contributed by atoms with E-state index in [1.54, 1.807) is 0 Å². The largest absolute Gasteiger partial charge is 0.393 e. The van der Waals surface area contributed by atoms with Crippen molar-refractivity contribution in [3.63, 3.8) is 0 Å². The van der Waals surface area contributed by atoms with Crippen molar-refractivity contribution in [2.45, 2.75) is 45.6 Å². The molecule has 100 valence electrons. The highest BCUT2D eigenvalue weighted by Gasteiger charge is 2.22. The van der Waals surface area contributed by atoms with E-state index in [-0.39, 0.29) is 12.0 Å². The quantitative estimate of drug-likeness (QED) is 0.648. The average molecular weight is 242 g/mol. The Morgan fingerprint density at radius 2 is 2.06 bits per heavy atom. The van der Waals surface area contributed by atoms with Gasteiger partial charge < -0.3 is 15.7 Å². The summed E-state index contributed by atoms with van der Waals surface area (Å²) in [6.45, 7) is 5.98. The summed E-state index contributed by atoms with van der Waals surface area (Å²) in [6, 6.07) is 0. The maximum Gasteiger partial charge on any atom is 0.233 e. The maximum absolute atomic E-state index is 11.4. The molecule has 17 heavy (non-hydrogen) atoms. The zero-order valence-corrected chi connectivity index (χ0v) is 11.0. The topological polar surface area (TPSA) is 61.4 Å². The van der Waals surface area contributed by atoms with Gasteiger partial charge in [0.1, 0.15) is 0 Å². The molecule has 0 heterocycles. The molecular formula is C13H26N2O2. The van der Waals surface area contributed by atoms with E-state index in [0.29, 0.717) is 18.4 Å². The fraction of sp³-hybridized carbons (Fsp3) is 0.923. The van der Waals surface area contributed by atoms with Crippen LogP contribution in [0.15, 0.2) is 0 Å². The molecule has 0 aromatic heterocycles. The van der Waals surface area contributed by atoms with E-state index in [0.717, 1.165) is 32.4 Å². The molecule has 0 aromatic rings. The predicted molar refractivity (Wildman–Crippen MR) is 68.7 cm³/mol. The van der Waals surface area contributed by atoms with E-state index < -0.39 is 0 Å². The van der Waals surface area contributed by atoms with Crippen LogP contribution in [0.3, 0.4) is 0 Å². The third-order valence-corrected chi connectivity index (χ3v) is 3.27. The molecule has 1 amide bonds. The number of carbonyl (C=O) groups excluding carboxylic acids is 1. The number of aliphatic hydroxyl groups excluding tert-OH is 1. The molecule has 1 fully saturated rings. The molecule has 0 radical (unpaired) electrons. The van der Waals surface area contributed by atoms with Crippen molar-refractivity contribution in [2.24, 2.45) is 11.8 Å². The Hall–Kier alpha value is -0.610. The van der Waals surface area contributed by atoms with Gasteiger partial charge >= 0.3 is 0 Å². The third kappa shape index (κ3) is 6.03. The Labute approximate surface area is 104 Å². The number of aliphatic hydroxyl groups is 1. The summed E-state index contributed by atoms with van der Waals surface area (Å²) >= 11 is 0. The Bertz CT molecular complexity index is 231. The summed E-state index contributed by atoms with van der Waals surface area (Å²) in [5.41, 5.74) is 0. The van der Waals surface area contributed by atoms with Gasteiger partial charge in [-0.3, -0.25) is 4.79 Å². The van der Waals surface area contributed by atoms with Crippen molar-refractivity contribution in [3.05, 3.63) is 0 Å². The summed E-state index contributed by atoms with van der Waals surface area (Å²) in [6.07, 6.45) is 4.12. The van der Waals surface area contributed by atoms with Crippen LogP contribution in [0.4, 0.5) is 0 Å². The van der Waals surface area contributed by atoms with Gasteiger partial charge in [0.15, 0.2) is 0 Å².